The van der Waals surface area contributed by atoms with Crippen LogP contribution >= 0.6 is 0 Å². The van der Waals surface area contributed by atoms with Crippen LogP contribution in [0, 0.1) is 5.41 Å². The molecule has 0 fully saturated rings. The highest BCUT2D eigenvalue weighted by atomic mass is 15.3. The summed E-state index contributed by atoms with van der Waals surface area (Å²) in [5.41, 5.74) is 0. The third-order valence-electron chi connectivity index (χ3n) is 1.79. The minimum Gasteiger partial charge on any atom is -0.329 e. The van der Waals surface area contributed by atoms with Gasteiger partial charge in [0.15, 0.2) is 5.82 Å². The molecule has 0 radical (unpaired) electrons. The predicted molar refractivity (Wildman–Crippen MR) is 58.4 cm³/mol. The molecule has 15 heavy (non-hydrogen) atoms. The average molecular weight is 201 g/mol. The van der Waals surface area contributed by atoms with E-state index < -0.39 is 0 Å². The molecule has 2 aromatic heterocycles. The molecule has 0 saturated heterocycles. The van der Waals surface area contributed by atoms with Crippen LogP contribution in [0.2, 0.25) is 0 Å². The highest BCUT2D eigenvalue weighted by Gasteiger charge is 1.99. The van der Waals surface area contributed by atoms with Crippen molar-refractivity contribution in [3.8, 4) is 5.82 Å². The van der Waals surface area contributed by atoms with Gasteiger partial charge >= 0.3 is 0 Å². The molecule has 5 nitrogen and oxygen atoms in total. The third-order valence-corrected chi connectivity index (χ3v) is 1.79. The molecule has 0 spiro atoms. The van der Waals surface area contributed by atoms with Gasteiger partial charge in [0.05, 0.1) is 5.84 Å². The Morgan fingerprint density at radius 3 is 2.93 bits per heavy atom. The average Bonchev–Trinajstić information content (AvgIpc) is 2.69. The van der Waals surface area contributed by atoms with E-state index in [1.54, 1.807) is 17.8 Å². The largest absolute Gasteiger partial charge is 0.329 e. The second-order valence-electron chi connectivity index (χ2n) is 3.08. The van der Waals surface area contributed by atoms with Gasteiger partial charge in [-0.05, 0) is 25.1 Å². The Morgan fingerprint density at radius 1 is 1.40 bits per heavy atom. The van der Waals surface area contributed by atoms with Crippen LogP contribution in [0.1, 0.15) is 6.92 Å². The molecule has 0 saturated carbocycles. The highest BCUT2D eigenvalue weighted by molar-refractivity contribution is 5.89. The van der Waals surface area contributed by atoms with Gasteiger partial charge in [-0.2, -0.15) is 5.10 Å². The molecule has 76 valence electrons. The van der Waals surface area contributed by atoms with Gasteiger partial charge in [0, 0.05) is 12.4 Å². The van der Waals surface area contributed by atoms with Gasteiger partial charge in [0.2, 0.25) is 0 Å². The first-order chi connectivity index (χ1) is 7.25. The lowest BCUT2D eigenvalue weighted by Crippen LogP contribution is -2.08. The summed E-state index contributed by atoms with van der Waals surface area (Å²) in [6.45, 7) is 1.67. The third kappa shape index (κ3) is 2.19. The summed E-state index contributed by atoms with van der Waals surface area (Å²) in [6, 6.07) is 7.38. The van der Waals surface area contributed by atoms with Gasteiger partial charge in [-0.3, -0.25) is 5.41 Å². The second-order valence-corrected chi connectivity index (χ2v) is 3.08. The Hall–Kier alpha value is -2.17. The number of aromatic nitrogens is 3. The number of pyridine rings is 1. The van der Waals surface area contributed by atoms with Crippen LogP contribution in [-0.4, -0.2) is 20.6 Å². The van der Waals surface area contributed by atoms with Crippen molar-refractivity contribution in [2.24, 2.45) is 0 Å². The second kappa shape index (κ2) is 3.91. The summed E-state index contributed by atoms with van der Waals surface area (Å²) in [4.78, 5) is 4.30. The number of nitrogens with zero attached hydrogens (tertiary/aromatic N) is 3. The van der Waals surface area contributed by atoms with Crippen molar-refractivity contribution < 1.29 is 0 Å². The minimum atomic E-state index is 0.361. The van der Waals surface area contributed by atoms with Crippen LogP contribution in [0.4, 0.5) is 5.82 Å². The standard InChI is InChI=1S/C10H11N5/c1-8(11)13-9-4-2-5-10(14-9)15-7-3-6-12-15/h2-7H,1H3,(H2,11,13,14). The first kappa shape index (κ1) is 9.39. The lowest BCUT2D eigenvalue weighted by atomic mass is 10.4. The van der Waals surface area contributed by atoms with Gasteiger partial charge in [-0.25, -0.2) is 9.67 Å². The summed E-state index contributed by atoms with van der Waals surface area (Å²) in [7, 11) is 0. The monoisotopic (exact) mass is 201 g/mol. The fourth-order valence-corrected chi connectivity index (χ4v) is 1.22. The molecular formula is C10H11N5. The summed E-state index contributed by atoms with van der Waals surface area (Å²) in [5.74, 6) is 1.74. The highest BCUT2D eigenvalue weighted by Crippen LogP contribution is 2.07. The van der Waals surface area contributed by atoms with Crippen molar-refractivity contribution in [1.82, 2.24) is 14.8 Å². The van der Waals surface area contributed by atoms with E-state index in [1.807, 2.05) is 30.5 Å². The van der Waals surface area contributed by atoms with Crippen LogP contribution in [0.3, 0.4) is 0 Å². The van der Waals surface area contributed by atoms with Gasteiger partial charge < -0.3 is 5.32 Å². The Balaban J connectivity index is 2.31. The van der Waals surface area contributed by atoms with Crippen LogP contribution < -0.4 is 5.32 Å². The fraction of sp³-hybridized carbons (Fsp3) is 0.100. The normalized spacial score (nSPS) is 9.93. The Kier molecular flexibility index (Phi) is 2.45. The molecular weight excluding hydrogens is 190 g/mol. The van der Waals surface area contributed by atoms with Crippen molar-refractivity contribution in [3.05, 3.63) is 36.7 Å². The summed E-state index contributed by atoms with van der Waals surface area (Å²) < 4.78 is 1.67. The van der Waals surface area contributed by atoms with Crippen molar-refractivity contribution in [2.45, 2.75) is 6.92 Å². The molecule has 0 aliphatic heterocycles. The van der Waals surface area contributed by atoms with E-state index in [9.17, 15) is 0 Å². The van der Waals surface area contributed by atoms with E-state index in [2.05, 4.69) is 15.4 Å². The fourth-order valence-electron chi connectivity index (χ4n) is 1.22. The SMILES string of the molecule is CC(=N)Nc1cccc(-n2cccn2)n1. The quantitative estimate of drug-likeness (QED) is 0.573. The van der Waals surface area contributed by atoms with Gasteiger partial charge in [-0.1, -0.05) is 6.07 Å². The molecule has 5 heteroatoms. The summed E-state index contributed by atoms with van der Waals surface area (Å²) in [5, 5.41) is 14.2. The van der Waals surface area contributed by atoms with Crippen molar-refractivity contribution in [2.75, 3.05) is 5.32 Å². The summed E-state index contributed by atoms with van der Waals surface area (Å²) in [6.07, 6.45) is 3.52. The number of nitrogens with one attached hydrogen (secondary N) is 2. The van der Waals surface area contributed by atoms with Gasteiger partial charge in [0.25, 0.3) is 0 Å². The van der Waals surface area contributed by atoms with E-state index in [-0.39, 0.29) is 0 Å². The van der Waals surface area contributed by atoms with E-state index in [1.165, 1.54) is 0 Å². The number of hydrogen-bond donors (Lipinski definition) is 2. The van der Waals surface area contributed by atoms with Gasteiger partial charge in [0.1, 0.15) is 5.82 Å². The smallest absolute Gasteiger partial charge is 0.155 e. The zero-order valence-corrected chi connectivity index (χ0v) is 8.31. The van der Waals surface area contributed by atoms with E-state index in [0.29, 0.717) is 11.7 Å². The Morgan fingerprint density at radius 2 is 2.27 bits per heavy atom. The predicted octanol–water partition coefficient (Wildman–Crippen LogP) is 1.68. The van der Waals surface area contributed by atoms with Crippen LogP contribution in [0.5, 0.6) is 0 Å². The van der Waals surface area contributed by atoms with E-state index >= 15 is 0 Å². The molecule has 0 aliphatic rings. The maximum absolute atomic E-state index is 7.30. The lowest BCUT2D eigenvalue weighted by Gasteiger charge is -2.05. The molecule has 0 unspecified atom stereocenters. The van der Waals surface area contributed by atoms with E-state index in [4.69, 9.17) is 5.41 Å². The number of rotatable bonds is 2. The van der Waals surface area contributed by atoms with Crippen molar-refractivity contribution in [1.29, 1.82) is 5.41 Å². The van der Waals surface area contributed by atoms with Crippen LogP contribution in [0.15, 0.2) is 36.7 Å². The van der Waals surface area contributed by atoms with Crippen LogP contribution in [-0.2, 0) is 0 Å². The first-order valence-electron chi connectivity index (χ1n) is 4.55. The molecule has 2 heterocycles. The number of amidine groups is 1. The molecule has 0 aliphatic carbocycles. The minimum absolute atomic E-state index is 0.361. The zero-order valence-electron chi connectivity index (χ0n) is 8.31. The number of hydrogen-bond acceptors (Lipinski definition) is 3. The molecule has 0 atom stereocenters. The van der Waals surface area contributed by atoms with Crippen molar-refractivity contribution in [3.63, 3.8) is 0 Å². The van der Waals surface area contributed by atoms with E-state index in [0.717, 1.165) is 5.82 Å². The lowest BCUT2D eigenvalue weighted by molar-refractivity contribution is 0.848. The molecule has 0 bridgehead atoms. The van der Waals surface area contributed by atoms with Crippen LogP contribution in [0.25, 0.3) is 5.82 Å². The molecule has 2 aromatic rings. The Labute approximate surface area is 87.3 Å². The summed E-state index contributed by atoms with van der Waals surface area (Å²) >= 11 is 0. The molecule has 0 amide bonds. The topological polar surface area (TPSA) is 66.6 Å². The Bertz CT molecular complexity index is 460. The van der Waals surface area contributed by atoms with Gasteiger partial charge in [-0.15, -0.1) is 0 Å². The molecule has 2 N–H and O–H groups in total. The zero-order chi connectivity index (χ0) is 10.7. The molecule has 0 aromatic carbocycles. The molecule has 2 rings (SSSR count). The van der Waals surface area contributed by atoms with Crippen molar-refractivity contribution >= 4 is 11.7 Å². The maximum atomic E-state index is 7.30. The first-order valence-corrected chi connectivity index (χ1v) is 4.55. The maximum Gasteiger partial charge on any atom is 0.155 e. The number of anilines is 1.